The Labute approximate surface area is 148 Å². The van der Waals surface area contributed by atoms with E-state index in [1.54, 1.807) is 0 Å². The summed E-state index contributed by atoms with van der Waals surface area (Å²) in [4.78, 5) is 21.7. The maximum Gasteiger partial charge on any atom is 0.322 e. The van der Waals surface area contributed by atoms with Crippen LogP contribution in [0.25, 0.3) is 0 Å². The molecule has 6 heteroatoms. The van der Waals surface area contributed by atoms with E-state index in [-0.39, 0.29) is 6.03 Å². The molecule has 4 rings (SSSR count). The van der Waals surface area contributed by atoms with E-state index in [0.717, 1.165) is 50.5 Å². The van der Waals surface area contributed by atoms with E-state index in [9.17, 15) is 4.79 Å². The molecular weight excluding hydrogens is 314 g/mol. The van der Waals surface area contributed by atoms with Crippen LogP contribution in [-0.2, 0) is 19.6 Å². The minimum Gasteiger partial charge on any atom is -0.333 e. The summed E-state index contributed by atoms with van der Waals surface area (Å²) in [6, 6.07) is 9.61. The van der Waals surface area contributed by atoms with Crippen molar-refractivity contribution in [3.8, 4) is 0 Å². The van der Waals surface area contributed by atoms with E-state index < -0.39 is 0 Å². The van der Waals surface area contributed by atoms with Crippen LogP contribution in [0.4, 0.5) is 10.5 Å². The van der Waals surface area contributed by atoms with E-state index >= 15 is 0 Å². The Hall–Kier alpha value is -2.34. The molecule has 2 aliphatic heterocycles. The van der Waals surface area contributed by atoms with Gasteiger partial charge in [0.2, 0.25) is 0 Å². The Morgan fingerprint density at radius 3 is 2.64 bits per heavy atom. The van der Waals surface area contributed by atoms with Gasteiger partial charge in [-0.15, -0.1) is 0 Å². The van der Waals surface area contributed by atoms with E-state index in [4.69, 9.17) is 0 Å². The molecule has 1 N–H and O–H groups in total. The summed E-state index contributed by atoms with van der Waals surface area (Å²) in [5, 5.41) is 3.00. The van der Waals surface area contributed by atoms with E-state index in [1.165, 1.54) is 18.5 Å². The smallest absolute Gasteiger partial charge is 0.322 e. The molecule has 0 atom stereocenters. The van der Waals surface area contributed by atoms with Gasteiger partial charge in [0.15, 0.2) is 0 Å². The second kappa shape index (κ2) is 7.27. The number of anilines is 1. The maximum atomic E-state index is 12.7. The third kappa shape index (κ3) is 3.69. The Kier molecular flexibility index (Phi) is 4.70. The van der Waals surface area contributed by atoms with Crippen molar-refractivity contribution in [2.45, 2.75) is 38.9 Å². The average molecular weight is 339 g/mol. The van der Waals surface area contributed by atoms with Crippen LogP contribution >= 0.6 is 0 Å². The summed E-state index contributed by atoms with van der Waals surface area (Å²) in [5.41, 5.74) is 3.15. The zero-order valence-corrected chi connectivity index (χ0v) is 14.5. The summed E-state index contributed by atoms with van der Waals surface area (Å²) in [7, 11) is 0. The molecule has 132 valence electrons. The molecule has 0 saturated carbocycles. The minimum absolute atomic E-state index is 0.0343. The largest absolute Gasteiger partial charge is 0.333 e. The molecule has 0 radical (unpaired) electrons. The number of aromatic nitrogens is 2. The molecule has 6 nitrogen and oxygen atoms in total. The Balaban J connectivity index is 1.47. The monoisotopic (exact) mass is 339 g/mol. The number of amides is 2. The number of fused-ring (bicyclic) bond motifs is 1. The molecule has 25 heavy (non-hydrogen) atoms. The molecule has 0 unspecified atom stereocenters. The highest BCUT2D eigenvalue weighted by atomic mass is 16.2. The molecule has 0 bridgehead atoms. The number of nitrogens with one attached hydrogen (secondary N) is 1. The molecule has 0 spiro atoms. The molecule has 1 aromatic carbocycles. The molecule has 3 heterocycles. The highest BCUT2D eigenvalue weighted by Crippen LogP contribution is 2.20. The number of rotatable bonds is 3. The number of likely N-dealkylation sites (tertiary alicyclic amines) is 1. The molecule has 2 aliphatic rings. The second-order valence-corrected chi connectivity index (χ2v) is 6.89. The predicted octanol–water partition coefficient (Wildman–Crippen LogP) is 2.92. The van der Waals surface area contributed by atoms with Gasteiger partial charge in [0.05, 0.1) is 24.3 Å². The third-order valence-electron chi connectivity index (χ3n) is 5.08. The number of benzene rings is 1. The zero-order valence-electron chi connectivity index (χ0n) is 14.5. The number of nitrogens with zero attached hydrogens (tertiary/aromatic N) is 4. The first kappa shape index (κ1) is 16.1. The fourth-order valence-corrected chi connectivity index (χ4v) is 3.70. The molecule has 1 saturated heterocycles. The van der Waals surface area contributed by atoms with Crippen LogP contribution in [0.3, 0.4) is 0 Å². The number of carbonyl (C=O) groups excluding carboxylic acids is 1. The first-order valence-corrected chi connectivity index (χ1v) is 9.16. The molecular formula is C19H25N5O. The standard InChI is InChI=1S/C19H25N5O/c25-19(21-16-7-2-1-3-8-16)23-11-6-12-24-15-20-17(18(24)14-23)13-22-9-4-5-10-22/h1-3,7-8,15H,4-6,9-14H2,(H,21,25). The van der Waals surface area contributed by atoms with Gasteiger partial charge in [0, 0.05) is 25.3 Å². The molecule has 2 aromatic rings. The van der Waals surface area contributed by atoms with Crippen molar-refractivity contribution >= 4 is 11.7 Å². The molecule has 1 aromatic heterocycles. The van der Waals surface area contributed by atoms with Crippen LogP contribution < -0.4 is 5.32 Å². The second-order valence-electron chi connectivity index (χ2n) is 6.89. The van der Waals surface area contributed by atoms with Gasteiger partial charge in [-0.2, -0.15) is 0 Å². The Bertz CT molecular complexity index is 721. The minimum atomic E-state index is -0.0343. The lowest BCUT2D eigenvalue weighted by Crippen LogP contribution is -2.35. The summed E-state index contributed by atoms with van der Waals surface area (Å²) in [5.74, 6) is 0. The van der Waals surface area contributed by atoms with Crippen molar-refractivity contribution in [3.63, 3.8) is 0 Å². The highest BCUT2D eigenvalue weighted by molar-refractivity contribution is 5.89. The van der Waals surface area contributed by atoms with Crippen LogP contribution in [0.5, 0.6) is 0 Å². The van der Waals surface area contributed by atoms with Gasteiger partial charge in [-0.1, -0.05) is 18.2 Å². The topological polar surface area (TPSA) is 53.4 Å². The van der Waals surface area contributed by atoms with E-state index in [1.807, 2.05) is 41.6 Å². The number of hydrogen-bond acceptors (Lipinski definition) is 3. The predicted molar refractivity (Wildman–Crippen MR) is 97.2 cm³/mol. The lowest BCUT2D eigenvalue weighted by Gasteiger charge is -2.22. The summed E-state index contributed by atoms with van der Waals surface area (Å²) < 4.78 is 2.22. The first-order valence-electron chi connectivity index (χ1n) is 9.16. The molecule has 1 fully saturated rings. The third-order valence-corrected chi connectivity index (χ3v) is 5.08. The Morgan fingerprint density at radius 1 is 1.04 bits per heavy atom. The van der Waals surface area contributed by atoms with Crippen molar-refractivity contribution in [1.82, 2.24) is 19.4 Å². The fourth-order valence-electron chi connectivity index (χ4n) is 3.70. The van der Waals surface area contributed by atoms with Crippen LogP contribution in [0.1, 0.15) is 30.7 Å². The van der Waals surface area contributed by atoms with Crippen molar-refractivity contribution in [1.29, 1.82) is 0 Å². The van der Waals surface area contributed by atoms with E-state index in [2.05, 4.69) is 19.8 Å². The normalized spacial score (nSPS) is 18.0. The van der Waals surface area contributed by atoms with Gasteiger partial charge in [0.25, 0.3) is 0 Å². The highest BCUT2D eigenvalue weighted by Gasteiger charge is 2.24. The van der Waals surface area contributed by atoms with Crippen LogP contribution in [0, 0.1) is 0 Å². The van der Waals surface area contributed by atoms with Gasteiger partial charge in [0.1, 0.15) is 0 Å². The number of urea groups is 1. The van der Waals surface area contributed by atoms with Crippen molar-refractivity contribution in [2.24, 2.45) is 0 Å². The van der Waals surface area contributed by atoms with Gasteiger partial charge < -0.3 is 14.8 Å². The fraction of sp³-hybridized carbons (Fsp3) is 0.474. The number of aryl methyl sites for hydroxylation is 1. The lowest BCUT2D eigenvalue weighted by molar-refractivity contribution is 0.209. The van der Waals surface area contributed by atoms with Gasteiger partial charge in [-0.05, 0) is 44.5 Å². The van der Waals surface area contributed by atoms with Crippen molar-refractivity contribution in [2.75, 3.05) is 25.0 Å². The summed E-state index contributed by atoms with van der Waals surface area (Å²) >= 11 is 0. The molecule has 2 amide bonds. The first-order chi connectivity index (χ1) is 12.3. The summed E-state index contributed by atoms with van der Waals surface area (Å²) in [6.45, 7) is 5.54. The number of imidazole rings is 1. The maximum absolute atomic E-state index is 12.7. The van der Waals surface area contributed by atoms with Crippen molar-refractivity contribution in [3.05, 3.63) is 48.0 Å². The SMILES string of the molecule is O=C(Nc1ccccc1)N1CCCn2cnc(CN3CCCC3)c2C1. The van der Waals surface area contributed by atoms with Gasteiger partial charge in [-0.3, -0.25) is 4.90 Å². The Morgan fingerprint density at radius 2 is 1.84 bits per heavy atom. The van der Waals surface area contributed by atoms with Crippen molar-refractivity contribution < 1.29 is 4.79 Å². The van der Waals surface area contributed by atoms with Crippen LogP contribution in [-0.4, -0.2) is 45.0 Å². The zero-order chi connectivity index (χ0) is 17.1. The number of hydrogen-bond donors (Lipinski definition) is 1. The van der Waals surface area contributed by atoms with Gasteiger partial charge in [-0.25, -0.2) is 9.78 Å². The lowest BCUT2D eigenvalue weighted by atomic mass is 10.2. The quantitative estimate of drug-likeness (QED) is 0.935. The van der Waals surface area contributed by atoms with Crippen LogP contribution in [0.2, 0.25) is 0 Å². The molecule has 0 aliphatic carbocycles. The van der Waals surface area contributed by atoms with E-state index in [0.29, 0.717) is 6.54 Å². The average Bonchev–Trinajstić information content (AvgIpc) is 3.21. The summed E-state index contributed by atoms with van der Waals surface area (Å²) in [6.07, 6.45) is 5.46. The number of carbonyl (C=O) groups is 1. The number of para-hydroxylation sites is 1. The van der Waals surface area contributed by atoms with Gasteiger partial charge >= 0.3 is 6.03 Å². The van der Waals surface area contributed by atoms with Crippen LogP contribution in [0.15, 0.2) is 36.7 Å².